The first-order valence-corrected chi connectivity index (χ1v) is 17.3. The van der Waals surface area contributed by atoms with E-state index in [2.05, 4.69) is 36.1 Å². The number of fused-ring (bicyclic) bond motifs is 1. The van der Waals surface area contributed by atoms with Crippen LogP contribution in [0.5, 0.6) is 0 Å². The number of para-hydroxylation sites is 1. The molecule has 1 amide bonds. The molecule has 3 rings (SSSR count). The number of aliphatic carboxylic acids is 1. The second-order valence-electron chi connectivity index (χ2n) is 10.7. The van der Waals surface area contributed by atoms with Gasteiger partial charge in [-0.15, -0.1) is 0 Å². The van der Waals surface area contributed by atoms with Crippen LogP contribution < -0.4 is 4.90 Å². The predicted octanol–water partition coefficient (Wildman–Crippen LogP) is 9.53. The van der Waals surface area contributed by atoms with Crippen LogP contribution in [0, 0.1) is 0 Å². The maximum absolute atomic E-state index is 12.6. The minimum Gasteiger partial charge on any atom is -0.480 e. The van der Waals surface area contributed by atoms with Crippen LogP contribution in [0.4, 0.5) is 5.69 Å². The van der Waals surface area contributed by atoms with Crippen LogP contribution in [-0.2, 0) is 9.59 Å². The van der Waals surface area contributed by atoms with Crippen molar-refractivity contribution in [3.05, 3.63) is 46.4 Å². The number of carboxylic acid groups (broad SMARTS) is 1. The molecule has 0 unspecified atom stereocenters. The zero-order valence-corrected chi connectivity index (χ0v) is 26.5. The highest BCUT2D eigenvalue weighted by atomic mass is 32.2. The van der Waals surface area contributed by atoms with E-state index in [1.807, 2.05) is 6.08 Å². The van der Waals surface area contributed by atoms with Crippen LogP contribution >= 0.6 is 35.7 Å². The lowest BCUT2D eigenvalue weighted by atomic mass is 10.0. The van der Waals surface area contributed by atoms with E-state index in [-0.39, 0.29) is 5.91 Å². The van der Waals surface area contributed by atoms with E-state index in [1.54, 1.807) is 17.8 Å². The molecule has 40 heavy (non-hydrogen) atoms. The molecule has 0 aromatic heterocycles. The van der Waals surface area contributed by atoms with Gasteiger partial charge in [-0.25, -0.2) is 0 Å². The highest BCUT2D eigenvalue weighted by Gasteiger charge is 2.33. The fourth-order valence-corrected chi connectivity index (χ4v) is 7.45. The largest absolute Gasteiger partial charge is 0.480 e. The fourth-order valence-electron chi connectivity index (χ4n) is 5.16. The molecular weight excluding hydrogens is 557 g/mol. The molecule has 1 fully saturated rings. The molecule has 1 aromatic carbocycles. The number of nitrogens with zero attached hydrogens (tertiary/aromatic N) is 2. The van der Waals surface area contributed by atoms with Gasteiger partial charge >= 0.3 is 5.97 Å². The van der Waals surface area contributed by atoms with Crippen LogP contribution in [-0.4, -0.2) is 39.3 Å². The van der Waals surface area contributed by atoms with Crippen LogP contribution in [0.1, 0.15) is 110 Å². The molecule has 0 radical (unpaired) electrons. The van der Waals surface area contributed by atoms with Crippen molar-refractivity contribution < 1.29 is 14.7 Å². The van der Waals surface area contributed by atoms with Gasteiger partial charge in [-0.05, 0) is 30.7 Å². The van der Waals surface area contributed by atoms with Crippen molar-refractivity contribution >= 4 is 57.6 Å². The molecule has 0 saturated carbocycles. The molecule has 0 atom stereocenters. The predicted molar refractivity (Wildman–Crippen MR) is 175 cm³/mol. The van der Waals surface area contributed by atoms with Crippen LogP contribution in [0.2, 0.25) is 0 Å². The Balaban J connectivity index is 1.35. The molecular formula is C32H46N2O3S3. The van der Waals surface area contributed by atoms with Crippen LogP contribution in [0.15, 0.2) is 51.2 Å². The Morgan fingerprint density at radius 1 is 0.800 bits per heavy atom. The minimum absolute atomic E-state index is 0.296. The third-order valence-electron chi connectivity index (χ3n) is 7.42. The second kappa shape index (κ2) is 18.6. The SMILES string of the molecule is CCCCCCCCCCCCCCCCCCN1/C(=C\C=C2\SC(=S)N(CC(=O)O)C2=O)Sc2ccccc21. The first-order valence-electron chi connectivity index (χ1n) is 15.2. The standard InChI is InChI=1S/C32H46N2O3S3/c1-2-3-4-5-6-7-8-9-10-11-12-13-14-15-16-19-24-33-26-20-17-18-21-27(26)39-29(33)23-22-28-31(37)34(25-30(35)36)32(38)40-28/h17-18,20-23H,2-16,19,24-25H2,1H3,(H,35,36)/b28-22+,29-23+. The topological polar surface area (TPSA) is 60.9 Å². The molecule has 2 aliphatic rings. The van der Waals surface area contributed by atoms with Gasteiger partial charge in [-0.2, -0.15) is 0 Å². The first-order chi connectivity index (χ1) is 19.5. The van der Waals surface area contributed by atoms with Gasteiger partial charge in [-0.1, -0.05) is 151 Å². The number of rotatable bonds is 20. The summed E-state index contributed by atoms with van der Waals surface area (Å²) in [5.74, 6) is -1.40. The summed E-state index contributed by atoms with van der Waals surface area (Å²) in [4.78, 5) is 28.9. The van der Waals surface area contributed by atoms with Crippen molar-refractivity contribution in [2.75, 3.05) is 18.0 Å². The minimum atomic E-state index is -1.07. The number of amides is 1. The number of carboxylic acids is 1. The number of allylic oxidation sites excluding steroid dienone is 2. The number of thiocarbonyl (C=S) groups is 1. The van der Waals surface area contributed by atoms with E-state index in [1.165, 1.54) is 119 Å². The third kappa shape index (κ3) is 10.9. The normalized spacial score (nSPS) is 17.0. The van der Waals surface area contributed by atoms with E-state index in [0.717, 1.165) is 22.9 Å². The Kier molecular flexibility index (Phi) is 15.2. The van der Waals surface area contributed by atoms with Crippen molar-refractivity contribution in [1.82, 2.24) is 4.90 Å². The molecule has 0 spiro atoms. The number of hydrogen-bond donors (Lipinski definition) is 1. The molecule has 8 heteroatoms. The lowest BCUT2D eigenvalue weighted by Crippen LogP contribution is -2.33. The van der Waals surface area contributed by atoms with Gasteiger partial charge in [0.1, 0.15) is 10.9 Å². The van der Waals surface area contributed by atoms with E-state index in [0.29, 0.717) is 9.23 Å². The zero-order valence-electron chi connectivity index (χ0n) is 24.1. The maximum Gasteiger partial charge on any atom is 0.323 e. The molecule has 1 saturated heterocycles. The lowest BCUT2D eigenvalue weighted by Gasteiger charge is -2.20. The number of carbonyl (C=O) groups excluding carboxylic acids is 1. The summed E-state index contributed by atoms with van der Waals surface area (Å²) in [6, 6.07) is 8.41. The third-order valence-corrected chi connectivity index (χ3v) is 9.94. The van der Waals surface area contributed by atoms with Gasteiger partial charge in [0.05, 0.1) is 15.6 Å². The van der Waals surface area contributed by atoms with E-state index < -0.39 is 12.5 Å². The number of anilines is 1. The van der Waals surface area contributed by atoms with Gasteiger partial charge in [0.2, 0.25) is 0 Å². The van der Waals surface area contributed by atoms with Crippen molar-refractivity contribution in [3.63, 3.8) is 0 Å². The van der Waals surface area contributed by atoms with E-state index >= 15 is 0 Å². The smallest absolute Gasteiger partial charge is 0.323 e. The van der Waals surface area contributed by atoms with Gasteiger partial charge in [0, 0.05) is 11.4 Å². The molecule has 1 aromatic rings. The molecule has 220 valence electrons. The second-order valence-corrected chi connectivity index (χ2v) is 13.5. The number of carbonyl (C=O) groups is 2. The Hall–Kier alpha value is -1.77. The van der Waals surface area contributed by atoms with Gasteiger partial charge in [0.15, 0.2) is 0 Å². The van der Waals surface area contributed by atoms with Gasteiger partial charge < -0.3 is 10.0 Å². The molecule has 1 N–H and O–H groups in total. The number of unbranched alkanes of at least 4 members (excludes halogenated alkanes) is 15. The zero-order chi connectivity index (χ0) is 28.6. The number of thioether (sulfide) groups is 2. The summed E-state index contributed by atoms with van der Waals surface area (Å²) in [7, 11) is 0. The number of hydrogen-bond acceptors (Lipinski definition) is 6. The Bertz CT molecular complexity index is 1040. The molecule has 5 nitrogen and oxygen atoms in total. The summed E-state index contributed by atoms with van der Waals surface area (Å²) >= 11 is 8.10. The summed E-state index contributed by atoms with van der Waals surface area (Å²) < 4.78 is 0.296. The van der Waals surface area contributed by atoms with E-state index in [4.69, 9.17) is 17.3 Å². The molecule has 2 aliphatic heterocycles. The Morgan fingerprint density at radius 3 is 1.93 bits per heavy atom. The van der Waals surface area contributed by atoms with Gasteiger partial charge in [0.25, 0.3) is 5.91 Å². The quantitative estimate of drug-likeness (QED) is 0.0906. The Morgan fingerprint density at radius 2 is 1.35 bits per heavy atom. The number of benzene rings is 1. The highest BCUT2D eigenvalue weighted by Crippen LogP contribution is 2.46. The van der Waals surface area contributed by atoms with Crippen molar-refractivity contribution in [3.8, 4) is 0 Å². The average Bonchev–Trinajstić information content (AvgIpc) is 3.42. The highest BCUT2D eigenvalue weighted by molar-refractivity contribution is 8.26. The first kappa shape index (κ1) is 32.7. The Labute approximate surface area is 255 Å². The summed E-state index contributed by atoms with van der Waals surface area (Å²) in [6.07, 6.45) is 25.5. The van der Waals surface area contributed by atoms with Crippen molar-refractivity contribution in [2.24, 2.45) is 0 Å². The maximum atomic E-state index is 12.6. The van der Waals surface area contributed by atoms with Crippen LogP contribution in [0.3, 0.4) is 0 Å². The molecule has 0 aliphatic carbocycles. The monoisotopic (exact) mass is 602 g/mol. The average molecular weight is 603 g/mol. The van der Waals surface area contributed by atoms with Crippen molar-refractivity contribution in [1.29, 1.82) is 0 Å². The summed E-state index contributed by atoms with van der Waals surface area (Å²) in [5, 5.41) is 10.2. The van der Waals surface area contributed by atoms with Gasteiger partial charge in [-0.3, -0.25) is 14.5 Å². The fraction of sp³-hybridized carbons (Fsp3) is 0.594. The lowest BCUT2D eigenvalue weighted by molar-refractivity contribution is -0.140. The molecule has 0 bridgehead atoms. The summed E-state index contributed by atoms with van der Waals surface area (Å²) in [5.41, 5.74) is 1.21. The molecule has 2 heterocycles. The van der Waals surface area contributed by atoms with Crippen molar-refractivity contribution in [2.45, 2.75) is 115 Å². The summed E-state index contributed by atoms with van der Waals surface area (Å²) in [6.45, 7) is 2.83. The van der Waals surface area contributed by atoms with Crippen LogP contribution in [0.25, 0.3) is 0 Å². The van der Waals surface area contributed by atoms with E-state index in [9.17, 15) is 9.59 Å².